The van der Waals surface area contributed by atoms with Gasteiger partial charge in [-0.1, -0.05) is 15.9 Å². The van der Waals surface area contributed by atoms with Crippen LogP contribution in [0.15, 0.2) is 34.1 Å². The monoisotopic (exact) mass is 312 g/mol. The van der Waals surface area contributed by atoms with Gasteiger partial charge in [0.15, 0.2) is 0 Å². The van der Waals surface area contributed by atoms with Gasteiger partial charge in [0.25, 0.3) is 0 Å². The molecule has 1 atom stereocenters. The highest BCUT2D eigenvalue weighted by Crippen LogP contribution is 2.34. The largest absolute Gasteiger partial charge is 0.496 e. The van der Waals surface area contributed by atoms with Crippen molar-refractivity contribution in [3.05, 3.63) is 50.1 Å². The first kappa shape index (κ1) is 12.6. The third-order valence-corrected chi connectivity index (χ3v) is 4.03. The molecule has 0 saturated heterocycles. The summed E-state index contributed by atoms with van der Waals surface area (Å²) in [4.78, 5) is 1.12. The fourth-order valence-electron chi connectivity index (χ4n) is 1.76. The van der Waals surface area contributed by atoms with Crippen LogP contribution in [0.25, 0.3) is 0 Å². The van der Waals surface area contributed by atoms with Gasteiger partial charge < -0.3 is 9.84 Å². The molecule has 1 aromatic carbocycles. The van der Waals surface area contributed by atoms with Crippen LogP contribution in [-0.2, 0) is 0 Å². The van der Waals surface area contributed by atoms with Gasteiger partial charge in [0, 0.05) is 14.9 Å². The zero-order chi connectivity index (χ0) is 12.4. The molecule has 0 aliphatic heterocycles. The first-order chi connectivity index (χ1) is 8.13. The van der Waals surface area contributed by atoms with Crippen molar-refractivity contribution in [2.75, 3.05) is 7.11 Å². The number of hydrogen-bond acceptors (Lipinski definition) is 3. The Morgan fingerprint density at radius 2 is 2.06 bits per heavy atom. The summed E-state index contributed by atoms with van der Waals surface area (Å²) >= 11 is 5.04. The van der Waals surface area contributed by atoms with Crippen molar-refractivity contribution in [3.8, 4) is 5.75 Å². The maximum atomic E-state index is 10.4. The lowest BCUT2D eigenvalue weighted by Gasteiger charge is -2.15. The molecule has 0 aliphatic rings. The summed E-state index contributed by atoms with van der Waals surface area (Å²) in [7, 11) is 1.61. The molecular weight excluding hydrogens is 300 g/mol. The molecule has 0 amide bonds. The molecule has 0 aliphatic carbocycles. The highest BCUT2D eigenvalue weighted by molar-refractivity contribution is 9.10. The fourth-order valence-corrected chi connectivity index (χ4v) is 2.88. The molecule has 1 unspecified atom stereocenters. The quantitative estimate of drug-likeness (QED) is 0.931. The zero-order valence-electron chi connectivity index (χ0n) is 9.61. The SMILES string of the molecule is COc1ccc(Br)cc1C(O)c1ccsc1C. The molecule has 2 aromatic rings. The van der Waals surface area contributed by atoms with E-state index in [9.17, 15) is 5.11 Å². The molecule has 2 rings (SSSR count). The Labute approximate surface area is 113 Å². The number of rotatable bonds is 3. The zero-order valence-corrected chi connectivity index (χ0v) is 12.0. The van der Waals surface area contributed by atoms with Crippen molar-refractivity contribution in [1.29, 1.82) is 0 Å². The van der Waals surface area contributed by atoms with Crippen LogP contribution in [0.4, 0.5) is 0 Å². The summed E-state index contributed by atoms with van der Waals surface area (Å²) in [6.45, 7) is 2.01. The standard InChI is InChI=1S/C13H13BrO2S/c1-8-10(5-6-17-8)13(15)11-7-9(14)3-4-12(11)16-2/h3-7,13,15H,1-2H3. The summed E-state index contributed by atoms with van der Waals surface area (Å²) in [6.07, 6.45) is -0.645. The number of ether oxygens (including phenoxy) is 1. The number of methoxy groups -OCH3 is 1. The van der Waals surface area contributed by atoms with Crippen LogP contribution in [0.3, 0.4) is 0 Å². The van der Waals surface area contributed by atoms with Crippen LogP contribution >= 0.6 is 27.3 Å². The molecule has 1 N–H and O–H groups in total. The summed E-state index contributed by atoms with van der Waals surface area (Å²) < 4.78 is 6.21. The van der Waals surface area contributed by atoms with E-state index in [2.05, 4.69) is 15.9 Å². The molecule has 0 radical (unpaired) electrons. The number of aliphatic hydroxyl groups is 1. The number of aryl methyl sites for hydroxylation is 1. The van der Waals surface area contributed by atoms with Crippen LogP contribution in [-0.4, -0.2) is 12.2 Å². The maximum absolute atomic E-state index is 10.4. The van der Waals surface area contributed by atoms with Crippen LogP contribution < -0.4 is 4.74 Å². The average Bonchev–Trinajstić information content (AvgIpc) is 2.74. The second kappa shape index (κ2) is 5.21. The molecule has 0 saturated carbocycles. The molecule has 90 valence electrons. The second-order valence-electron chi connectivity index (χ2n) is 3.72. The van der Waals surface area contributed by atoms with Gasteiger partial charge in [0.2, 0.25) is 0 Å². The molecule has 17 heavy (non-hydrogen) atoms. The van der Waals surface area contributed by atoms with Crippen molar-refractivity contribution >= 4 is 27.3 Å². The van der Waals surface area contributed by atoms with E-state index >= 15 is 0 Å². The molecule has 0 fully saturated rings. The lowest BCUT2D eigenvalue weighted by molar-refractivity contribution is 0.214. The van der Waals surface area contributed by atoms with Crippen molar-refractivity contribution in [1.82, 2.24) is 0 Å². The van der Waals surface area contributed by atoms with Gasteiger partial charge in [-0.3, -0.25) is 0 Å². The Morgan fingerprint density at radius 1 is 1.29 bits per heavy atom. The van der Waals surface area contributed by atoms with Gasteiger partial charge >= 0.3 is 0 Å². The minimum atomic E-state index is -0.645. The normalized spacial score (nSPS) is 12.5. The van der Waals surface area contributed by atoms with Gasteiger partial charge in [-0.15, -0.1) is 11.3 Å². The number of hydrogen-bond donors (Lipinski definition) is 1. The predicted molar refractivity (Wildman–Crippen MR) is 73.8 cm³/mol. The number of benzene rings is 1. The Balaban J connectivity index is 2.46. The van der Waals surface area contributed by atoms with Gasteiger partial charge in [-0.25, -0.2) is 0 Å². The molecule has 0 spiro atoms. The van der Waals surface area contributed by atoms with Crippen LogP contribution in [0.2, 0.25) is 0 Å². The van der Waals surface area contributed by atoms with Gasteiger partial charge in [0.1, 0.15) is 11.9 Å². The van der Waals surface area contributed by atoms with Crippen LogP contribution in [0.1, 0.15) is 22.1 Å². The van der Waals surface area contributed by atoms with E-state index in [4.69, 9.17) is 4.74 Å². The number of halogens is 1. The van der Waals surface area contributed by atoms with Crippen LogP contribution in [0, 0.1) is 6.92 Å². The van der Waals surface area contributed by atoms with Gasteiger partial charge in [-0.05, 0) is 42.1 Å². The van der Waals surface area contributed by atoms with Crippen molar-refractivity contribution in [3.63, 3.8) is 0 Å². The second-order valence-corrected chi connectivity index (χ2v) is 5.76. The smallest absolute Gasteiger partial charge is 0.125 e. The van der Waals surface area contributed by atoms with E-state index in [0.29, 0.717) is 5.75 Å². The molecule has 2 nitrogen and oxygen atoms in total. The topological polar surface area (TPSA) is 29.5 Å². The van der Waals surface area contributed by atoms with E-state index < -0.39 is 6.10 Å². The lowest BCUT2D eigenvalue weighted by atomic mass is 10.0. The van der Waals surface area contributed by atoms with Gasteiger partial charge in [0.05, 0.1) is 7.11 Å². The molecule has 4 heteroatoms. The Hall–Kier alpha value is -0.840. The van der Waals surface area contributed by atoms with E-state index in [1.165, 1.54) is 0 Å². The minimum Gasteiger partial charge on any atom is -0.496 e. The lowest BCUT2D eigenvalue weighted by Crippen LogP contribution is -2.02. The first-order valence-electron chi connectivity index (χ1n) is 5.19. The highest BCUT2D eigenvalue weighted by atomic mass is 79.9. The Bertz CT molecular complexity index is 522. The average molecular weight is 313 g/mol. The maximum Gasteiger partial charge on any atom is 0.125 e. The van der Waals surface area contributed by atoms with Crippen molar-refractivity contribution < 1.29 is 9.84 Å². The predicted octanol–water partition coefficient (Wildman–Crippen LogP) is 3.91. The first-order valence-corrected chi connectivity index (χ1v) is 6.86. The van der Waals surface area contributed by atoms with Crippen molar-refractivity contribution in [2.24, 2.45) is 0 Å². The summed E-state index contributed by atoms with van der Waals surface area (Å²) in [5, 5.41) is 12.4. The van der Waals surface area contributed by atoms with Crippen LogP contribution in [0.5, 0.6) is 5.75 Å². The third-order valence-electron chi connectivity index (χ3n) is 2.68. The van der Waals surface area contributed by atoms with Gasteiger partial charge in [-0.2, -0.15) is 0 Å². The number of aliphatic hydroxyl groups excluding tert-OH is 1. The van der Waals surface area contributed by atoms with E-state index in [-0.39, 0.29) is 0 Å². The highest BCUT2D eigenvalue weighted by Gasteiger charge is 2.18. The fraction of sp³-hybridized carbons (Fsp3) is 0.231. The molecule has 1 aromatic heterocycles. The van der Waals surface area contributed by atoms with Crippen molar-refractivity contribution in [2.45, 2.75) is 13.0 Å². The molecule has 1 heterocycles. The summed E-state index contributed by atoms with van der Waals surface area (Å²) in [5.41, 5.74) is 1.72. The molecular formula is C13H13BrO2S. The summed E-state index contributed by atoms with van der Waals surface area (Å²) in [6, 6.07) is 7.59. The number of thiophene rings is 1. The third kappa shape index (κ3) is 2.54. The van der Waals surface area contributed by atoms with E-state index in [1.54, 1.807) is 18.4 Å². The van der Waals surface area contributed by atoms with E-state index in [1.807, 2.05) is 36.6 Å². The van der Waals surface area contributed by atoms with E-state index in [0.717, 1.165) is 20.5 Å². The molecule has 0 bridgehead atoms. The Morgan fingerprint density at radius 3 is 2.65 bits per heavy atom. The summed E-state index contributed by atoms with van der Waals surface area (Å²) in [5.74, 6) is 0.700. The minimum absolute atomic E-state index is 0.645. The Kier molecular flexibility index (Phi) is 3.86.